The summed E-state index contributed by atoms with van der Waals surface area (Å²) in [5, 5.41) is 5.00. The van der Waals surface area contributed by atoms with E-state index in [1.54, 1.807) is 36.1 Å². The average Bonchev–Trinajstić information content (AvgIpc) is 2.79. The number of benzene rings is 3. The summed E-state index contributed by atoms with van der Waals surface area (Å²) in [6.07, 6.45) is -0.724. The van der Waals surface area contributed by atoms with Crippen molar-refractivity contribution in [2.75, 3.05) is 31.6 Å². The second-order valence-electron chi connectivity index (χ2n) is 7.21. The third kappa shape index (κ3) is 4.44. The molecule has 6 nitrogen and oxygen atoms in total. The summed E-state index contributed by atoms with van der Waals surface area (Å²) in [4.78, 5) is 27.4. The van der Waals surface area contributed by atoms with Gasteiger partial charge in [0.15, 0.2) is 6.10 Å². The molecule has 1 fully saturated rings. The summed E-state index contributed by atoms with van der Waals surface area (Å²) < 4.78 is 11.2. The molecule has 0 saturated carbocycles. The number of carbonyl (C=O) groups excluding carboxylic acids is 2. The molecule has 1 heterocycles. The highest BCUT2D eigenvalue weighted by Gasteiger charge is 2.23. The number of carbonyl (C=O) groups is 2. The van der Waals surface area contributed by atoms with Crippen molar-refractivity contribution in [2.24, 2.45) is 0 Å². The van der Waals surface area contributed by atoms with Crippen molar-refractivity contribution in [1.82, 2.24) is 4.90 Å². The van der Waals surface area contributed by atoms with Crippen LogP contribution in [0, 0.1) is 0 Å². The molecule has 1 aliphatic rings. The van der Waals surface area contributed by atoms with E-state index in [-0.39, 0.29) is 11.8 Å². The van der Waals surface area contributed by atoms with Gasteiger partial charge in [-0.05, 0) is 42.0 Å². The number of fused-ring (bicyclic) bond motifs is 1. The number of nitrogens with zero attached hydrogens (tertiary/aromatic N) is 1. The molecule has 0 aliphatic carbocycles. The van der Waals surface area contributed by atoms with Crippen molar-refractivity contribution < 1.29 is 19.1 Å². The summed E-state index contributed by atoms with van der Waals surface area (Å²) in [6.45, 7) is 3.83. The van der Waals surface area contributed by atoms with Crippen LogP contribution in [0.15, 0.2) is 66.7 Å². The van der Waals surface area contributed by atoms with Crippen molar-refractivity contribution >= 4 is 28.3 Å². The van der Waals surface area contributed by atoms with Crippen molar-refractivity contribution in [3.05, 3.63) is 72.3 Å². The van der Waals surface area contributed by atoms with Crippen molar-refractivity contribution in [2.45, 2.75) is 13.0 Å². The van der Waals surface area contributed by atoms with Crippen LogP contribution in [-0.2, 0) is 9.53 Å². The Kier molecular flexibility index (Phi) is 5.95. The van der Waals surface area contributed by atoms with Crippen molar-refractivity contribution in [1.29, 1.82) is 0 Å². The lowest BCUT2D eigenvalue weighted by molar-refractivity contribution is -0.122. The zero-order chi connectivity index (χ0) is 20.9. The molecule has 3 aromatic carbocycles. The minimum atomic E-state index is -0.724. The van der Waals surface area contributed by atoms with Crippen LogP contribution in [0.4, 0.5) is 5.69 Å². The fourth-order valence-electron chi connectivity index (χ4n) is 3.45. The Morgan fingerprint density at radius 2 is 1.67 bits per heavy atom. The molecule has 1 saturated heterocycles. The number of anilines is 1. The zero-order valence-electron chi connectivity index (χ0n) is 16.8. The fraction of sp³-hybridized carbons (Fsp3) is 0.250. The molecule has 3 aromatic rings. The lowest BCUT2D eigenvalue weighted by Gasteiger charge is -2.27. The van der Waals surface area contributed by atoms with Gasteiger partial charge in [-0.3, -0.25) is 9.59 Å². The molecule has 0 radical (unpaired) electrons. The van der Waals surface area contributed by atoms with Crippen LogP contribution < -0.4 is 10.1 Å². The minimum Gasteiger partial charge on any atom is -0.481 e. The van der Waals surface area contributed by atoms with Gasteiger partial charge in [-0.25, -0.2) is 0 Å². The van der Waals surface area contributed by atoms with Crippen LogP contribution in [0.1, 0.15) is 17.3 Å². The number of ether oxygens (including phenoxy) is 2. The lowest BCUT2D eigenvalue weighted by Crippen LogP contribution is -2.41. The monoisotopic (exact) mass is 404 g/mol. The van der Waals surface area contributed by atoms with Gasteiger partial charge in [-0.1, -0.05) is 42.5 Å². The van der Waals surface area contributed by atoms with Gasteiger partial charge in [0, 0.05) is 13.1 Å². The smallest absolute Gasteiger partial charge is 0.265 e. The largest absolute Gasteiger partial charge is 0.481 e. The number of morpholine rings is 1. The molecule has 30 heavy (non-hydrogen) atoms. The van der Waals surface area contributed by atoms with E-state index in [1.165, 1.54) is 0 Å². The first kappa shape index (κ1) is 19.9. The first-order chi connectivity index (χ1) is 14.6. The van der Waals surface area contributed by atoms with Gasteiger partial charge in [-0.2, -0.15) is 0 Å². The van der Waals surface area contributed by atoms with Gasteiger partial charge in [0.25, 0.3) is 11.8 Å². The average molecular weight is 404 g/mol. The van der Waals surface area contributed by atoms with E-state index in [0.717, 1.165) is 10.8 Å². The molecule has 154 valence electrons. The van der Waals surface area contributed by atoms with E-state index < -0.39 is 6.10 Å². The molecule has 0 bridgehead atoms. The van der Waals surface area contributed by atoms with E-state index >= 15 is 0 Å². The van der Waals surface area contributed by atoms with Crippen LogP contribution in [0.5, 0.6) is 5.75 Å². The molecule has 1 aliphatic heterocycles. The number of para-hydroxylation sites is 1. The lowest BCUT2D eigenvalue weighted by atomic mass is 10.1. The quantitative estimate of drug-likeness (QED) is 0.704. The molecule has 6 heteroatoms. The summed E-state index contributed by atoms with van der Waals surface area (Å²) in [5.74, 6) is 0.191. The molecule has 1 atom stereocenters. The standard InChI is InChI=1S/C24H24N2O4/c1-17(30-20-11-10-18-6-2-3-7-19(18)16-20)23(27)25-22-9-5-4-8-21(22)24(28)26-12-14-29-15-13-26/h2-11,16-17H,12-15H2,1H3,(H,25,27)/t17-/m1/s1. The number of hydrogen-bond acceptors (Lipinski definition) is 4. The number of rotatable bonds is 5. The number of amides is 2. The molecular formula is C24H24N2O4. The maximum Gasteiger partial charge on any atom is 0.265 e. The fourth-order valence-corrected chi connectivity index (χ4v) is 3.45. The third-order valence-electron chi connectivity index (χ3n) is 5.12. The zero-order valence-corrected chi connectivity index (χ0v) is 16.8. The normalized spacial score (nSPS) is 14.9. The molecule has 4 rings (SSSR count). The van der Waals surface area contributed by atoms with Crippen LogP contribution in [0.25, 0.3) is 10.8 Å². The first-order valence-electron chi connectivity index (χ1n) is 10.0. The van der Waals surface area contributed by atoms with Gasteiger partial charge in [-0.15, -0.1) is 0 Å². The summed E-state index contributed by atoms with van der Waals surface area (Å²) >= 11 is 0. The maximum atomic E-state index is 12.9. The van der Waals surface area contributed by atoms with Gasteiger partial charge >= 0.3 is 0 Å². The Bertz CT molecular complexity index is 1060. The Morgan fingerprint density at radius 1 is 0.967 bits per heavy atom. The predicted octanol–water partition coefficient (Wildman–Crippen LogP) is 3.72. The van der Waals surface area contributed by atoms with Crippen LogP contribution in [0.3, 0.4) is 0 Å². The van der Waals surface area contributed by atoms with E-state index in [0.29, 0.717) is 43.3 Å². The topological polar surface area (TPSA) is 67.9 Å². The van der Waals surface area contributed by atoms with Gasteiger partial charge in [0.1, 0.15) is 5.75 Å². The SMILES string of the molecule is C[C@@H](Oc1ccc2ccccc2c1)C(=O)Nc1ccccc1C(=O)N1CCOCC1. The Balaban J connectivity index is 1.45. The first-order valence-corrected chi connectivity index (χ1v) is 10.0. The Hall–Kier alpha value is -3.38. The molecule has 0 unspecified atom stereocenters. The van der Waals surface area contributed by atoms with E-state index in [9.17, 15) is 9.59 Å². The molecule has 0 spiro atoms. The predicted molar refractivity (Wildman–Crippen MR) is 116 cm³/mol. The second kappa shape index (κ2) is 8.97. The van der Waals surface area contributed by atoms with Crippen LogP contribution >= 0.6 is 0 Å². The third-order valence-corrected chi connectivity index (χ3v) is 5.12. The number of hydrogen-bond donors (Lipinski definition) is 1. The molecular weight excluding hydrogens is 380 g/mol. The second-order valence-corrected chi connectivity index (χ2v) is 7.21. The molecule has 1 N–H and O–H groups in total. The van der Waals surface area contributed by atoms with Crippen LogP contribution in [-0.4, -0.2) is 49.1 Å². The molecule has 0 aromatic heterocycles. The minimum absolute atomic E-state index is 0.114. The highest BCUT2D eigenvalue weighted by molar-refractivity contribution is 6.04. The van der Waals surface area contributed by atoms with Gasteiger partial charge in [0.2, 0.25) is 0 Å². The highest BCUT2D eigenvalue weighted by atomic mass is 16.5. The van der Waals surface area contributed by atoms with E-state index in [1.807, 2.05) is 42.5 Å². The van der Waals surface area contributed by atoms with Gasteiger partial charge < -0.3 is 19.7 Å². The van der Waals surface area contributed by atoms with E-state index in [4.69, 9.17) is 9.47 Å². The highest BCUT2D eigenvalue weighted by Crippen LogP contribution is 2.22. The van der Waals surface area contributed by atoms with Crippen molar-refractivity contribution in [3.63, 3.8) is 0 Å². The molecule has 2 amide bonds. The Morgan fingerprint density at radius 3 is 2.47 bits per heavy atom. The summed E-state index contributed by atoms with van der Waals surface area (Å²) in [5.41, 5.74) is 0.943. The summed E-state index contributed by atoms with van der Waals surface area (Å²) in [7, 11) is 0. The van der Waals surface area contributed by atoms with Gasteiger partial charge in [0.05, 0.1) is 24.5 Å². The summed E-state index contributed by atoms with van der Waals surface area (Å²) in [6, 6.07) is 20.7. The van der Waals surface area contributed by atoms with Crippen LogP contribution in [0.2, 0.25) is 0 Å². The van der Waals surface area contributed by atoms with E-state index in [2.05, 4.69) is 5.32 Å². The Labute approximate surface area is 175 Å². The van der Waals surface area contributed by atoms with Crippen molar-refractivity contribution in [3.8, 4) is 5.75 Å². The maximum absolute atomic E-state index is 12.9. The number of nitrogens with one attached hydrogen (secondary N) is 1.